The van der Waals surface area contributed by atoms with Gasteiger partial charge in [0.05, 0.1) is 34.4 Å². The first-order chi connectivity index (χ1) is 18.5. The number of aryl methyl sites for hydroxylation is 1. The first-order valence-corrected chi connectivity index (χ1v) is 12.2. The van der Waals surface area contributed by atoms with Gasteiger partial charge in [-0.1, -0.05) is 0 Å². The summed E-state index contributed by atoms with van der Waals surface area (Å²) in [6.45, 7) is 6.68. The molecule has 1 fully saturated rings. The number of aromatic amines is 1. The largest absolute Gasteiger partial charge is 0.573 e. The second-order valence-corrected chi connectivity index (χ2v) is 9.70. The van der Waals surface area contributed by atoms with E-state index in [2.05, 4.69) is 20.0 Å². The molecule has 1 saturated heterocycles. The van der Waals surface area contributed by atoms with Gasteiger partial charge in [-0.25, -0.2) is 4.98 Å². The van der Waals surface area contributed by atoms with Crippen molar-refractivity contribution >= 4 is 22.5 Å². The van der Waals surface area contributed by atoms with Crippen LogP contribution in [0.3, 0.4) is 0 Å². The average molecular weight is 573 g/mol. The van der Waals surface area contributed by atoms with Gasteiger partial charge >= 0.3 is 12.5 Å². The van der Waals surface area contributed by atoms with Gasteiger partial charge in [-0.2, -0.15) is 13.2 Å². The summed E-state index contributed by atoms with van der Waals surface area (Å²) in [5.41, 5.74) is -2.77. The Labute approximate surface area is 224 Å². The molecule has 0 bridgehead atoms. The van der Waals surface area contributed by atoms with Crippen molar-refractivity contribution in [2.75, 3.05) is 18.4 Å². The van der Waals surface area contributed by atoms with Crippen molar-refractivity contribution in [3.8, 4) is 5.75 Å². The summed E-state index contributed by atoms with van der Waals surface area (Å²) < 4.78 is 91.6. The van der Waals surface area contributed by atoms with Crippen LogP contribution in [0.25, 0.3) is 10.9 Å². The van der Waals surface area contributed by atoms with E-state index in [-0.39, 0.29) is 53.3 Å². The van der Waals surface area contributed by atoms with E-state index in [1.165, 1.54) is 24.8 Å². The Morgan fingerprint density at radius 2 is 1.77 bits per heavy atom. The fraction of sp³-hybridized carbons (Fsp3) is 0.423. The lowest BCUT2D eigenvalue weighted by molar-refractivity contribution is -0.274. The van der Waals surface area contributed by atoms with Crippen molar-refractivity contribution in [1.82, 2.24) is 14.9 Å². The minimum absolute atomic E-state index is 0.103. The van der Waals surface area contributed by atoms with E-state index in [0.29, 0.717) is 0 Å². The molecule has 4 rings (SSSR count). The Balaban J connectivity index is 1.73. The normalized spacial score (nSPS) is 19.0. The standard InChI is InChI=1S/C26H26F6N4O4/c1-12-10-36(11-13(2)39-12)24(38)16-5-6-20(22(7-16)40-26(30,31)32)33-14(3)17-8-18-21(9-19(17)25(27,28)29)34-15(4)35-23(18)37/h5-9,12-14,33H,10-11H2,1-4H3,(H,34,35,37)/t12-,13+,14?. The fourth-order valence-electron chi connectivity index (χ4n) is 4.74. The van der Waals surface area contributed by atoms with Gasteiger partial charge in [0.25, 0.3) is 11.5 Å². The number of halogens is 6. The van der Waals surface area contributed by atoms with Gasteiger partial charge in [-0.15, -0.1) is 13.2 Å². The predicted octanol–water partition coefficient (Wildman–Crippen LogP) is 5.57. The number of amides is 1. The number of hydrogen-bond acceptors (Lipinski definition) is 6. The number of carbonyl (C=O) groups is 1. The number of rotatable bonds is 5. The number of morpholine rings is 1. The highest BCUT2D eigenvalue weighted by atomic mass is 19.4. The lowest BCUT2D eigenvalue weighted by Crippen LogP contribution is -2.48. The molecular formula is C26H26F6N4O4. The second-order valence-electron chi connectivity index (χ2n) is 9.70. The van der Waals surface area contributed by atoms with Crippen LogP contribution >= 0.6 is 0 Å². The molecule has 1 amide bonds. The summed E-state index contributed by atoms with van der Waals surface area (Å²) >= 11 is 0. The van der Waals surface area contributed by atoms with Crippen LogP contribution in [0.2, 0.25) is 0 Å². The maximum Gasteiger partial charge on any atom is 0.573 e. The topological polar surface area (TPSA) is 96.6 Å². The van der Waals surface area contributed by atoms with Crippen LogP contribution in [-0.4, -0.2) is 52.4 Å². The molecule has 8 nitrogen and oxygen atoms in total. The van der Waals surface area contributed by atoms with Gasteiger partial charge < -0.3 is 24.7 Å². The van der Waals surface area contributed by atoms with Gasteiger partial charge in [0.2, 0.25) is 0 Å². The molecule has 40 heavy (non-hydrogen) atoms. The molecule has 1 unspecified atom stereocenters. The molecule has 14 heteroatoms. The molecule has 1 aliphatic rings. The summed E-state index contributed by atoms with van der Waals surface area (Å²) in [6, 6.07) is 3.75. The summed E-state index contributed by atoms with van der Waals surface area (Å²) in [6.07, 6.45) is -10.6. The number of nitrogens with one attached hydrogen (secondary N) is 2. The maximum atomic E-state index is 14.0. The lowest BCUT2D eigenvalue weighted by Gasteiger charge is -2.35. The molecule has 0 aliphatic carbocycles. The van der Waals surface area contributed by atoms with E-state index in [1.807, 2.05) is 0 Å². The van der Waals surface area contributed by atoms with Crippen molar-refractivity contribution in [2.45, 2.75) is 58.5 Å². The number of hydrogen-bond donors (Lipinski definition) is 2. The maximum absolute atomic E-state index is 14.0. The van der Waals surface area contributed by atoms with Gasteiger partial charge in [0.1, 0.15) is 5.82 Å². The van der Waals surface area contributed by atoms with E-state index in [1.54, 1.807) is 13.8 Å². The monoisotopic (exact) mass is 572 g/mol. The molecule has 1 aliphatic heterocycles. The molecule has 2 aromatic carbocycles. The molecule has 0 radical (unpaired) electrons. The molecule has 2 N–H and O–H groups in total. The summed E-state index contributed by atoms with van der Waals surface area (Å²) in [5.74, 6) is -1.23. The van der Waals surface area contributed by atoms with Gasteiger partial charge in [-0.05, 0) is 63.6 Å². The van der Waals surface area contributed by atoms with Crippen LogP contribution in [0.1, 0.15) is 54.1 Å². The Kier molecular flexibility index (Phi) is 7.76. The lowest BCUT2D eigenvalue weighted by atomic mass is 9.98. The number of benzene rings is 2. The number of H-pyrrole nitrogens is 1. The number of carbonyl (C=O) groups excluding carboxylic acids is 1. The van der Waals surface area contributed by atoms with Crippen LogP contribution in [0, 0.1) is 6.92 Å². The highest BCUT2D eigenvalue weighted by molar-refractivity contribution is 5.95. The van der Waals surface area contributed by atoms with Crippen LogP contribution in [0.15, 0.2) is 35.1 Å². The average Bonchev–Trinajstić information content (AvgIpc) is 2.81. The third-order valence-electron chi connectivity index (χ3n) is 6.30. The van der Waals surface area contributed by atoms with E-state index < -0.39 is 46.9 Å². The molecule has 3 aromatic rings. The van der Waals surface area contributed by atoms with Crippen LogP contribution in [0.4, 0.5) is 32.0 Å². The SMILES string of the molecule is Cc1nc2cc(C(F)(F)F)c(C(C)Nc3ccc(C(=O)N4C[C@@H](C)O[C@@H](C)C4)cc3OC(F)(F)F)cc2c(=O)[nH]1. The molecule has 216 valence electrons. The van der Waals surface area contributed by atoms with Crippen molar-refractivity contribution in [3.05, 3.63) is 63.2 Å². The van der Waals surface area contributed by atoms with Crippen LogP contribution in [0.5, 0.6) is 5.75 Å². The summed E-state index contributed by atoms with van der Waals surface area (Å²) in [7, 11) is 0. The number of ether oxygens (including phenoxy) is 2. The number of anilines is 1. The Morgan fingerprint density at radius 1 is 1.12 bits per heavy atom. The zero-order valence-electron chi connectivity index (χ0n) is 21.8. The molecule has 2 heterocycles. The quantitative estimate of drug-likeness (QED) is 0.388. The zero-order valence-corrected chi connectivity index (χ0v) is 21.8. The minimum Gasteiger partial charge on any atom is -0.404 e. The van der Waals surface area contributed by atoms with Gasteiger partial charge in [0, 0.05) is 24.7 Å². The van der Waals surface area contributed by atoms with E-state index in [0.717, 1.165) is 24.3 Å². The first kappa shape index (κ1) is 29.2. The third kappa shape index (κ3) is 6.49. The van der Waals surface area contributed by atoms with Gasteiger partial charge in [0.15, 0.2) is 5.75 Å². The highest BCUT2D eigenvalue weighted by Gasteiger charge is 2.37. The minimum atomic E-state index is -5.15. The fourth-order valence-corrected chi connectivity index (χ4v) is 4.74. The number of alkyl halides is 6. The van der Waals surface area contributed by atoms with Crippen LogP contribution in [-0.2, 0) is 10.9 Å². The molecule has 0 spiro atoms. The van der Waals surface area contributed by atoms with Gasteiger partial charge in [-0.3, -0.25) is 9.59 Å². The van der Waals surface area contributed by atoms with Crippen molar-refractivity contribution in [1.29, 1.82) is 0 Å². The van der Waals surface area contributed by atoms with E-state index in [9.17, 15) is 35.9 Å². The molecule has 0 saturated carbocycles. The Bertz CT molecular complexity index is 1480. The number of aromatic nitrogens is 2. The molecular weight excluding hydrogens is 546 g/mol. The first-order valence-electron chi connectivity index (χ1n) is 12.2. The van der Waals surface area contributed by atoms with Crippen LogP contribution < -0.4 is 15.6 Å². The second kappa shape index (κ2) is 10.6. The van der Waals surface area contributed by atoms with Crippen molar-refractivity contribution in [2.24, 2.45) is 0 Å². The number of nitrogens with zero attached hydrogens (tertiary/aromatic N) is 2. The van der Waals surface area contributed by atoms with E-state index >= 15 is 0 Å². The zero-order chi connectivity index (χ0) is 29.6. The number of fused-ring (bicyclic) bond motifs is 1. The molecule has 1 aromatic heterocycles. The Hall–Kier alpha value is -3.81. The summed E-state index contributed by atoms with van der Waals surface area (Å²) in [5, 5.41) is 2.49. The third-order valence-corrected chi connectivity index (χ3v) is 6.30. The highest BCUT2D eigenvalue weighted by Crippen LogP contribution is 2.39. The molecule has 3 atom stereocenters. The van der Waals surface area contributed by atoms with Crippen molar-refractivity contribution < 1.29 is 40.6 Å². The smallest absolute Gasteiger partial charge is 0.404 e. The predicted molar refractivity (Wildman–Crippen MR) is 133 cm³/mol. The van der Waals surface area contributed by atoms with Crippen molar-refractivity contribution in [3.63, 3.8) is 0 Å². The summed E-state index contributed by atoms with van der Waals surface area (Å²) in [4.78, 5) is 33.3. The van der Waals surface area contributed by atoms with E-state index in [4.69, 9.17) is 4.74 Å². The Morgan fingerprint density at radius 3 is 2.38 bits per heavy atom.